The van der Waals surface area contributed by atoms with Crippen LogP contribution in [0.4, 0.5) is 56.6 Å². The number of halogens is 13. The molecule has 3 atom stereocenters. The summed E-state index contributed by atoms with van der Waals surface area (Å²) >= 11 is 5.80. The number of ether oxygens (including phenoxy) is 7. The molecule has 9 rings (SSSR count). The Bertz CT molecular complexity index is 4190. The maximum atomic E-state index is 14.9. The van der Waals surface area contributed by atoms with Crippen molar-refractivity contribution in [3.8, 4) is 17.2 Å². The van der Waals surface area contributed by atoms with E-state index in [4.69, 9.17) is 54.7 Å². The number of aliphatic hydroxyl groups excluding tert-OH is 2. The van der Waals surface area contributed by atoms with Gasteiger partial charge in [-0.05, 0) is 179 Å². The van der Waals surface area contributed by atoms with Crippen molar-refractivity contribution in [2.24, 2.45) is 0 Å². The first kappa shape index (κ1) is 87.2. The predicted molar refractivity (Wildman–Crippen MR) is 393 cm³/mol. The van der Waals surface area contributed by atoms with Crippen molar-refractivity contribution in [1.29, 1.82) is 0 Å². The number of rotatable bonds is 29. The number of hydrogen-bond acceptors (Lipinski definition) is 16. The number of aliphatic hydroxyl groups is 2. The number of nitrogens with one attached hydrogen (secondary N) is 2. The summed E-state index contributed by atoms with van der Waals surface area (Å²) in [5.41, 5.74) is 4.65. The van der Waals surface area contributed by atoms with Crippen molar-refractivity contribution < 1.29 is 108 Å². The van der Waals surface area contributed by atoms with Crippen molar-refractivity contribution in [2.45, 2.75) is 130 Å². The molecular formula is C67H80ClF9I3N3O15S3. The molecule has 0 radical (unpaired) electrons. The van der Waals surface area contributed by atoms with Crippen molar-refractivity contribution in [1.82, 2.24) is 0 Å². The second kappa shape index (κ2) is 38.2. The highest BCUT2D eigenvalue weighted by molar-refractivity contribution is 14.1. The number of methoxy groups -OCH3 is 7. The first-order valence-electron chi connectivity index (χ1n) is 30.9. The van der Waals surface area contributed by atoms with E-state index in [1.54, 1.807) is 32.4 Å². The van der Waals surface area contributed by atoms with E-state index >= 15 is 0 Å². The van der Waals surface area contributed by atoms with Gasteiger partial charge in [0.05, 0.1) is 90.8 Å². The van der Waals surface area contributed by atoms with Crippen LogP contribution in [-0.2, 0) is 67.3 Å². The normalized spacial score (nSPS) is 15.4. The first-order chi connectivity index (χ1) is 47.4. The van der Waals surface area contributed by atoms with Gasteiger partial charge in [-0.3, -0.25) is 9.44 Å². The van der Waals surface area contributed by atoms with E-state index in [2.05, 4.69) is 23.3 Å². The number of benzene rings is 6. The topological polar surface area (TPSA) is 258 Å². The molecule has 0 unspecified atom stereocenters. The maximum Gasteiger partial charge on any atom is 0.238 e. The monoisotopic (exact) mass is 1850 g/mol. The second-order valence-electron chi connectivity index (χ2n) is 23.9. The van der Waals surface area contributed by atoms with E-state index in [1.807, 2.05) is 67.8 Å². The minimum Gasteiger partial charge on any atom is -0.494 e. The molecule has 0 amide bonds. The lowest BCUT2D eigenvalue weighted by molar-refractivity contribution is 0.0218. The fraction of sp³-hybridized carbons (Fsp3) is 0.463. The summed E-state index contributed by atoms with van der Waals surface area (Å²) in [6.45, 7) is 4.24. The molecule has 6 N–H and O–H groups in total. The molecule has 3 aliphatic carbocycles. The summed E-state index contributed by atoms with van der Waals surface area (Å²) < 4.78 is 242. The third kappa shape index (κ3) is 22.8. The summed E-state index contributed by atoms with van der Waals surface area (Å²) in [6, 6.07) is 15.4. The molecule has 3 fully saturated rings. The Labute approximate surface area is 628 Å². The molecule has 34 heteroatoms. The molecule has 0 aliphatic heterocycles. The van der Waals surface area contributed by atoms with Crippen molar-refractivity contribution in [2.75, 3.05) is 84.8 Å². The van der Waals surface area contributed by atoms with Crippen LogP contribution in [0.15, 0.2) is 72.8 Å². The molecule has 562 valence electrons. The number of nitrogens with two attached hydrogens (primary N) is 1. The summed E-state index contributed by atoms with van der Waals surface area (Å²) in [6.07, 6.45) is 1.24. The summed E-state index contributed by atoms with van der Waals surface area (Å²) in [4.78, 5) is 0. The summed E-state index contributed by atoms with van der Waals surface area (Å²) in [5.74, 6) is -9.41. The third-order valence-electron chi connectivity index (χ3n) is 16.6. The number of sulfonamides is 2. The molecular weight excluding hydrogens is 1770 g/mol. The minimum atomic E-state index is -4.19. The van der Waals surface area contributed by atoms with Crippen LogP contribution in [0, 0.1) is 63.1 Å². The molecule has 101 heavy (non-hydrogen) atoms. The molecule has 3 aliphatic rings. The molecule has 18 nitrogen and oxygen atoms in total. The van der Waals surface area contributed by atoms with Gasteiger partial charge in [-0.15, -0.1) is 0 Å². The van der Waals surface area contributed by atoms with E-state index in [1.165, 1.54) is 78.4 Å². The lowest BCUT2D eigenvalue weighted by Crippen LogP contribution is -2.35. The van der Waals surface area contributed by atoms with Gasteiger partial charge >= 0.3 is 0 Å². The van der Waals surface area contributed by atoms with Gasteiger partial charge in [0.25, 0.3) is 0 Å². The fourth-order valence-corrected chi connectivity index (χ4v) is 17.0. The van der Waals surface area contributed by atoms with E-state index < -0.39 is 126 Å². The van der Waals surface area contributed by atoms with Gasteiger partial charge in [0.15, 0.2) is 34.9 Å². The predicted octanol–water partition coefficient (Wildman–Crippen LogP) is 14.4. The van der Waals surface area contributed by atoms with Crippen LogP contribution in [0.2, 0.25) is 0 Å². The van der Waals surface area contributed by atoms with Crippen molar-refractivity contribution in [3.63, 3.8) is 0 Å². The zero-order chi connectivity index (χ0) is 75.8. The molecule has 0 bridgehead atoms. The Morgan fingerprint density at radius 2 is 0.802 bits per heavy atom. The second-order valence-corrected chi connectivity index (χ2v) is 34.8. The lowest BCUT2D eigenvalue weighted by Gasteiger charge is -2.24. The van der Waals surface area contributed by atoms with Gasteiger partial charge in [0, 0.05) is 104 Å². The van der Waals surface area contributed by atoms with Gasteiger partial charge in [-0.1, -0.05) is 38.5 Å². The highest BCUT2D eigenvalue weighted by Gasteiger charge is 2.58. The van der Waals surface area contributed by atoms with Gasteiger partial charge < -0.3 is 49.1 Å². The minimum absolute atomic E-state index is 0.0237. The van der Waals surface area contributed by atoms with Gasteiger partial charge in [-0.25, -0.2) is 64.8 Å². The van der Waals surface area contributed by atoms with Crippen molar-refractivity contribution in [3.05, 3.63) is 169 Å². The number of nitrogen functional groups attached to an aromatic ring is 1. The lowest BCUT2D eigenvalue weighted by atomic mass is 10.0. The highest BCUT2D eigenvalue weighted by Crippen LogP contribution is 2.52. The third-order valence-corrected chi connectivity index (χ3v) is 25.6. The van der Waals surface area contributed by atoms with Crippen LogP contribution >= 0.6 is 78.5 Å². The molecule has 0 saturated heterocycles. The van der Waals surface area contributed by atoms with E-state index in [0.29, 0.717) is 55.5 Å². The molecule has 6 aromatic carbocycles. The van der Waals surface area contributed by atoms with Crippen LogP contribution in [-0.4, -0.2) is 138 Å². The standard InChI is InChI=1S/C22H25F3INO5S.C20H21F3INO5S.C14H11F3INO.C8H15ClO4S.C3H8/c1-30-12-15(31-2)11-22(6-7-22)33(28,29)27-21-16(20(25)18(24)10-19(21)32-3)8-13-4-5-14(26)9-17(13)23;1-30-17-8-16(22)18(23)14(6-11-2-3-12(24)7-15(11)21)19(17)25-31(28,29)20(4-5-20)9-13(27)10-26;1-20-12-6-11(16)13(17)9(14(12)19)4-7-2-3-8(18)5-10(7)15;1-12-6-7(13-2)5-8(3-4-8)14(9,10)11;1-3-2/h4-5,9-10,15,27H,6-8,11-12H2,1-3H3;2-3,7-8,13,25-27H,4-6,9-10H2,1H3;2-3,5-6H,4,19H2,1H3;7H,3-6H2,1-2H3;3H2,1-2H3/t15-;13-;;7-;/m00.0./s1. The van der Waals surface area contributed by atoms with Crippen LogP contribution in [0.3, 0.4) is 0 Å². The molecule has 0 spiro atoms. The number of anilines is 3. The zero-order valence-electron chi connectivity index (χ0n) is 56.4. The molecule has 6 aromatic rings. The molecule has 0 heterocycles. The van der Waals surface area contributed by atoms with E-state index in [0.717, 1.165) is 12.1 Å². The van der Waals surface area contributed by atoms with Gasteiger partial charge in [-0.2, -0.15) is 0 Å². The SMILES string of the molecule is CCC.COC[C@H](CC1(S(=O)(=O)Cl)CC1)OC.COC[C@H](CC1(S(=O)(=O)Nc2c(OC)cc(F)c(F)c2Cc2ccc(I)cc2F)CC1)OC.COc1cc(F)c(F)c(Cc2ccc(I)cc2F)c1N.COc1cc(F)c(F)c(Cc2ccc(I)cc2F)c1NS(=O)(=O)C1(C[C@H](O)CO)CC1. The largest absolute Gasteiger partial charge is 0.494 e. The van der Waals surface area contributed by atoms with Crippen molar-refractivity contribution >= 4 is 125 Å². The number of hydrogen-bond donors (Lipinski definition) is 5. The Hall–Kier alpha value is -4.42. The molecule has 3 saturated carbocycles. The van der Waals surface area contributed by atoms with Crippen LogP contribution in [0.1, 0.15) is 111 Å². The first-order valence-corrected chi connectivity index (χ1v) is 39.4. The fourth-order valence-electron chi connectivity index (χ4n) is 10.5. The van der Waals surface area contributed by atoms with Crippen LogP contribution in [0.25, 0.3) is 0 Å². The maximum absolute atomic E-state index is 14.9. The average Bonchev–Trinajstić information content (AvgIpc) is 1.62. The summed E-state index contributed by atoms with van der Waals surface area (Å²) in [7, 11) is 3.37. The van der Waals surface area contributed by atoms with E-state index in [-0.39, 0.29) is 113 Å². The quantitative estimate of drug-likeness (QED) is 0.0127. The van der Waals surface area contributed by atoms with Gasteiger partial charge in [0.2, 0.25) is 29.1 Å². The van der Waals surface area contributed by atoms with E-state index in [9.17, 15) is 69.9 Å². The van der Waals surface area contributed by atoms with Crippen LogP contribution < -0.4 is 29.4 Å². The average molecular weight is 1850 g/mol. The Morgan fingerprint density at radius 1 is 0.495 bits per heavy atom. The Kier molecular flexibility index (Phi) is 33.0. The smallest absolute Gasteiger partial charge is 0.238 e. The van der Waals surface area contributed by atoms with Gasteiger partial charge in [0.1, 0.15) is 34.7 Å². The van der Waals surface area contributed by atoms with Crippen LogP contribution in [0.5, 0.6) is 17.2 Å². The Balaban J connectivity index is 0.000000250. The summed E-state index contributed by atoms with van der Waals surface area (Å²) in [5, 5.41) is 18.8. The Morgan fingerprint density at radius 3 is 1.09 bits per heavy atom. The zero-order valence-corrected chi connectivity index (χ0v) is 66.1. The highest BCUT2D eigenvalue weighted by atomic mass is 127. The molecule has 0 aromatic heterocycles.